The zero-order valence-electron chi connectivity index (χ0n) is 11.6. The monoisotopic (exact) mass is 276 g/mol. The molecular weight excluding hydrogens is 260 g/mol. The average molecular weight is 276 g/mol. The van der Waals surface area contributed by atoms with Crippen LogP contribution in [-0.4, -0.2) is 34.3 Å². The minimum atomic E-state index is -1.11. The summed E-state index contributed by atoms with van der Waals surface area (Å²) in [6.07, 6.45) is -0.556. The molecule has 0 bridgehead atoms. The Morgan fingerprint density at radius 1 is 1.40 bits per heavy atom. The van der Waals surface area contributed by atoms with Gasteiger partial charge in [-0.05, 0) is 38.8 Å². The van der Waals surface area contributed by atoms with Crippen LogP contribution in [0.5, 0.6) is 0 Å². The van der Waals surface area contributed by atoms with E-state index in [2.05, 4.69) is 22.1 Å². The molecule has 1 heterocycles. The van der Waals surface area contributed by atoms with Gasteiger partial charge in [0.1, 0.15) is 17.0 Å². The van der Waals surface area contributed by atoms with Crippen molar-refractivity contribution in [1.82, 2.24) is 10.3 Å². The lowest BCUT2D eigenvalue weighted by Gasteiger charge is -2.18. The number of aromatic carboxylic acids is 1. The molecule has 1 aromatic rings. The molecule has 106 valence electrons. The first-order valence-electron chi connectivity index (χ1n) is 5.94. The summed E-state index contributed by atoms with van der Waals surface area (Å²) in [6.45, 7) is 5.38. The molecule has 0 fully saturated rings. The summed E-state index contributed by atoms with van der Waals surface area (Å²) in [5.74, 6) is 4.22. The van der Waals surface area contributed by atoms with Gasteiger partial charge in [0.15, 0.2) is 0 Å². The van der Waals surface area contributed by atoms with E-state index in [1.54, 1.807) is 32.9 Å². The fraction of sp³-hybridized carbons (Fsp3) is 0.357. The first-order valence-corrected chi connectivity index (χ1v) is 5.94. The van der Waals surface area contributed by atoms with Gasteiger partial charge in [-0.2, -0.15) is 0 Å². The van der Waals surface area contributed by atoms with Crippen LogP contribution in [0.3, 0.4) is 0 Å². The molecule has 1 aromatic heterocycles. The van der Waals surface area contributed by atoms with Gasteiger partial charge in [0.2, 0.25) is 0 Å². The highest BCUT2D eigenvalue weighted by atomic mass is 16.6. The molecule has 0 aliphatic carbocycles. The van der Waals surface area contributed by atoms with Crippen molar-refractivity contribution in [1.29, 1.82) is 0 Å². The van der Waals surface area contributed by atoms with Crippen LogP contribution in [0.4, 0.5) is 4.79 Å². The van der Waals surface area contributed by atoms with Crippen LogP contribution < -0.4 is 5.32 Å². The highest BCUT2D eigenvalue weighted by molar-refractivity contribution is 5.85. The zero-order chi connectivity index (χ0) is 15.2. The minimum absolute atomic E-state index is 0.0723. The molecule has 0 saturated heterocycles. The Hall–Kier alpha value is -2.55. The third kappa shape index (κ3) is 5.87. The molecule has 1 amide bonds. The first kappa shape index (κ1) is 15.5. The van der Waals surface area contributed by atoms with Crippen molar-refractivity contribution in [2.75, 3.05) is 6.54 Å². The summed E-state index contributed by atoms with van der Waals surface area (Å²) in [5.41, 5.74) is -0.303. The summed E-state index contributed by atoms with van der Waals surface area (Å²) >= 11 is 0. The number of ether oxygens (including phenoxy) is 1. The molecule has 0 radical (unpaired) electrons. The maximum atomic E-state index is 11.3. The minimum Gasteiger partial charge on any atom is -0.477 e. The number of hydrogen-bond donors (Lipinski definition) is 2. The van der Waals surface area contributed by atoms with E-state index in [4.69, 9.17) is 9.84 Å². The Morgan fingerprint density at radius 2 is 2.10 bits per heavy atom. The second-order valence-corrected chi connectivity index (χ2v) is 4.87. The van der Waals surface area contributed by atoms with Gasteiger partial charge in [-0.15, -0.1) is 0 Å². The lowest BCUT2D eigenvalue weighted by Crippen LogP contribution is -2.32. The second kappa shape index (κ2) is 6.57. The highest BCUT2D eigenvalue weighted by Gasteiger charge is 2.14. The fourth-order valence-electron chi connectivity index (χ4n) is 1.19. The number of hydrogen-bond acceptors (Lipinski definition) is 4. The van der Waals surface area contributed by atoms with Gasteiger partial charge in [-0.1, -0.05) is 12.0 Å². The lowest BCUT2D eigenvalue weighted by molar-refractivity contribution is 0.0534. The molecule has 2 N–H and O–H groups in total. The Balaban J connectivity index is 2.53. The molecular formula is C14H16N2O4. The number of nitrogens with zero attached hydrogens (tertiary/aromatic N) is 1. The third-order valence-electron chi connectivity index (χ3n) is 1.90. The first-order chi connectivity index (χ1) is 9.28. The summed E-state index contributed by atoms with van der Waals surface area (Å²) in [4.78, 5) is 25.9. The molecule has 6 heteroatoms. The maximum absolute atomic E-state index is 11.3. The van der Waals surface area contributed by atoms with Crippen LogP contribution in [0, 0.1) is 11.8 Å². The fourth-order valence-corrected chi connectivity index (χ4v) is 1.19. The van der Waals surface area contributed by atoms with Gasteiger partial charge in [0.25, 0.3) is 0 Å². The molecule has 20 heavy (non-hydrogen) atoms. The standard InChI is InChI=1S/C14H16N2O4/c1-14(2,3)20-13(19)15-9-5-7-10-6-4-8-11(16-10)12(17)18/h4,6,8H,9H2,1-3H3,(H,15,19)(H,17,18). The van der Waals surface area contributed by atoms with Crippen LogP contribution in [0.1, 0.15) is 37.0 Å². The number of pyridine rings is 1. The molecule has 0 aromatic carbocycles. The predicted octanol–water partition coefficient (Wildman–Crippen LogP) is 1.66. The van der Waals surface area contributed by atoms with Crippen LogP contribution in [0.15, 0.2) is 18.2 Å². The predicted molar refractivity (Wildman–Crippen MR) is 72.3 cm³/mol. The number of aromatic nitrogens is 1. The van der Waals surface area contributed by atoms with E-state index in [1.165, 1.54) is 6.07 Å². The number of carbonyl (C=O) groups is 2. The van der Waals surface area contributed by atoms with Crippen LogP contribution in [0.2, 0.25) is 0 Å². The largest absolute Gasteiger partial charge is 0.477 e. The lowest BCUT2D eigenvalue weighted by atomic mass is 10.2. The summed E-state index contributed by atoms with van der Waals surface area (Å²) in [6, 6.07) is 4.53. The van der Waals surface area contributed by atoms with E-state index < -0.39 is 17.7 Å². The van der Waals surface area contributed by atoms with Crippen LogP contribution >= 0.6 is 0 Å². The summed E-state index contributed by atoms with van der Waals surface area (Å²) < 4.78 is 5.03. The van der Waals surface area contributed by atoms with Gasteiger partial charge >= 0.3 is 12.1 Å². The Kier molecular flexibility index (Phi) is 5.09. The number of rotatable bonds is 2. The molecule has 0 aliphatic rings. The second-order valence-electron chi connectivity index (χ2n) is 4.87. The molecule has 6 nitrogen and oxygen atoms in total. The van der Waals surface area contributed by atoms with E-state index in [-0.39, 0.29) is 12.2 Å². The smallest absolute Gasteiger partial charge is 0.408 e. The normalized spacial score (nSPS) is 10.2. The van der Waals surface area contributed by atoms with Crippen molar-refractivity contribution in [3.8, 4) is 11.8 Å². The number of alkyl carbamates (subject to hydrolysis) is 1. The van der Waals surface area contributed by atoms with E-state index in [9.17, 15) is 9.59 Å². The zero-order valence-corrected chi connectivity index (χ0v) is 11.6. The average Bonchev–Trinajstić information content (AvgIpc) is 2.33. The number of carbonyl (C=O) groups excluding carboxylic acids is 1. The molecule has 1 rings (SSSR count). The number of amides is 1. The molecule has 0 atom stereocenters. The summed E-state index contributed by atoms with van der Waals surface area (Å²) in [5, 5.41) is 11.2. The summed E-state index contributed by atoms with van der Waals surface area (Å²) in [7, 11) is 0. The third-order valence-corrected chi connectivity index (χ3v) is 1.90. The van der Waals surface area contributed by atoms with Gasteiger partial charge in [0.05, 0.1) is 6.54 Å². The number of carboxylic acid groups (broad SMARTS) is 1. The van der Waals surface area contributed by atoms with Crippen molar-refractivity contribution in [2.24, 2.45) is 0 Å². The number of carboxylic acids is 1. The molecule has 0 aliphatic heterocycles. The quantitative estimate of drug-likeness (QED) is 0.802. The topological polar surface area (TPSA) is 88.5 Å². The highest BCUT2D eigenvalue weighted by Crippen LogP contribution is 2.06. The molecule has 0 unspecified atom stereocenters. The van der Waals surface area contributed by atoms with Gasteiger partial charge in [-0.25, -0.2) is 14.6 Å². The van der Waals surface area contributed by atoms with Gasteiger partial charge in [-0.3, -0.25) is 0 Å². The van der Waals surface area contributed by atoms with E-state index in [0.29, 0.717) is 5.69 Å². The van der Waals surface area contributed by atoms with Crippen molar-refractivity contribution in [3.63, 3.8) is 0 Å². The van der Waals surface area contributed by atoms with Crippen molar-refractivity contribution >= 4 is 12.1 Å². The Bertz CT molecular complexity index is 565. The van der Waals surface area contributed by atoms with E-state index in [1.807, 2.05) is 0 Å². The van der Waals surface area contributed by atoms with Gasteiger partial charge < -0.3 is 15.2 Å². The molecule has 0 spiro atoms. The Morgan fingerprint density at radius 3 is 2.70 bits per heavy atom. The van der Waals surface area contributed by atoms with Crippen molar-refractivity contribution in [3.05, 3.63) is 29.6 Å². The van der Waals surface area contributed by atoms with E-state index >= 15 is 0 Å². The SMILES string of the molecule is CC(C)(C)OC(=O)NCC#Cc1cccc(C(=O)O)n1. The number of nitrogens with one attached hydrogen (secondary N) is 1. The van der Waals surface area contributed by atoms with Crippen molar-refractivity contribution in [2.45, 2.75) is 26.4 Å². The van der Waals surface area contributed by atoms with Gasteiger partial charge in [0, 0.05) is 0 Å². The van der Waals surface area contributed by atoms with E-state index in [0.717, 1.165) is 0 Å². The molecule has 0 saturated carbocycles. The van der Waals surface area contributed by atoms with Crippen molar-refractivity contribution < 1.29 is 19.4 Å². The van der Waals surface area contributed by atoms with Crippen LogP contribution in [0.25, 0.3) is 0 Å². The maximum Gasteiger partial charge on any atom is 0.408 e. The Labute approximate surface area is 117 Å². The van der Waals surface area contributed by atoms with Crippen LogP contribution in [-0.2, 0) is 4.74 Å².